The van der Waals surface area contributed by atoms with Gasteiger partial charge >= 0.3 is 0 Å². The zero-order valence-electron chi connectivity index (χ0n) is 10.2. The maximum Gasteiger partial charge on any atom is 0.162 e. The number of carbonyl (C=O) groups is 1. The van der Waals surface area contributed by atoms with Gasteiger partial charge in [-0.15, -0.1) is 0 Å². The summed E-state index contributed by atoms with van der Waals surface area (Å²) in [5.41, 5.74) is 3.12. The molecular formula is C11H13BrN4O. The Kier molecular flexibility index (Phi) is 2.91. The van der Waals surface area contributed by atoms with E-state index >= 15 is 0 Å². The molecule has 6 heteroatoms. The lowest BCUT2D eigenvalue weighted by Gasteiger charge is -2.05. The van der Waals surface area contributed by atoms with E-state index in [0.717, 1.165) is 22.1 Å². The lowest BCUT2D eigenvalue weighted by molar-refractivity contribution is 0.112. The minimum Gasteiger partial charge on any atom is -0.298 e. The molecule has 2 aromatic heterocycles. The molecule has 0 amide bonds. The highest BCUT2D eigenvalue weighted by molar-refractivity contribution is 9.10. The molecule has 0 unspecified atom stereocenters. The van der Waals surface area contributed by atoms with E-state index in [1.807, 2.05) is 20.8 Å². The second kappa shape index (κ2) is 4.10. The van der Waals surface area contributed by atoms with Gasteiger partial charge in [-0.2, -0.15) is 10.2 Å². The first-order valence-corrected chi connectivity index (χ1v) is 5.97. The zero-order valence-corrected chi connectivity index (χ0v) is 11.7. The normalized spacial score (nSPS) is 10.9. The highest BCUT2D eigenvalue weighted by atomic mass is 79.9. The van der Waals surface area contributed by atoms with Gasteiger partial charge in [0, 0.05) is 7.05 Å². The number of halogens is 1. The standard InChI is InChI=1S/C11H13BrN4O/c1-6-9(5-17)11(15(4)13-6)16-8(3)10(12)7(2)14-16/h5H,1-4H3. The van der Waals surface area contributed by atoms with Crippen LogP contribution < -0.4 is 0 Å². The maximum absolute atomic E-state index is 11.1. The van der Waals surface area contributed by atoms with Crippen molar-refractivity contribution in [1.29, 1.82) is 0 Å². The maximum atomic E-state index is 11.1. The van der Waals surface area contributed by atoms with Gasteiger partial charge in [0.15, 0.2) is 12.1 Å². The number of nitrogens with zero attached hydrogens (tertiary/aromatic N) is 4. The van der Waals surface area contributed by atoms with Gasteiger partial charge in [-0.3, -0.25) is 9.48 Å². The number of aldehydes is 1. The highest BCUT2D eigenvalue weighted by Gasteiger charge is 2.19. The predicted molar refractivity (Wildman–Crippen MR) is 67.6 cm³/mol. The first-order valence-electron chi connectivity index (χ1n) is 5.18. The molecule has 0 spiro atoms. The van der Waals surface area contributed by atoms with E-state index < -0.39 is 0 Å². The molecule has 90 valence electrons. The van der Waals surface area contributed by atoms with Crippen LogP contribution in [0.3, 0.4) is 0 Å². The van der Waals surface area contributed by atoms with E-state index in [1.54, 1.807) is 16.4 Å². The summed E-state index contributed by atoms with van der Waals surface area (Å²) in [4.78, 5) is 11.1. The molecule has 17 heavy (non-hydrogen) atoms. The van der Waals surface area contributed by atoms with Crippen LogP contribution in [0, 0.1) is 20.8 Å². The third-order valence-corrected chi connectivity index (χ3v) is 3.91. The molecule has 2 aromatic rings. The fraction of sp³-hybridized carbons (Fsp3) is 0.364. The molecule has 0 saturated carbocycles. The molecule has 0 saturated heterocycles. The summed E-state index contributed by atoms with van der Waals surface area (Å²) in [6.45, 7) is 5.67. The third kappa shape index (κ3) is 1.72. The second-order valence-corrected chi connectivity index (χ2v) is 4.75. The van der Waals surface area contributed by atoms with Crippen molar-refractivity contribution in [2.75, 3.05) is 0 Å². The summed E-state index contributed by atoms with van der Waals surface area (Å²) < 4.78 is 4.36. The van der Waals surface area contributed by atoms with Crippen molar-refractivity contribution in [3.63, 3.8) is 0 Å². The summed E-state index contributed by atoms with van der Waals surface area (Å²) in [5.74, 6) is 0.698. The van der Waals surface area contributed by atoms with E-state index in [4.69, 9.17) is 0 Å². The molecule has 0 bridgehead atoms. The average Bonchev–Trinajstić information content (AvgIpc) is 2.69. The van der Waals surface area contributed by atoms with Crippen molar-refractivity contribution >= 4 is 22.2 Å². The van der Waals surface area contributed by atoms with Crippen LogP contribution in [0.2, 0.25) is 0 Å². The van der Waals surface area contributed by atoms with E-state index in [-0.39, 0.29) is 0 Å². The smallest absolute Gasteiger partial charge is 0.162 e. The Morgan fingerprint density at radius 1 is 1.18 bits per heavy atom. The van der Waals surface area contributed by atoms with Gasteiger partial charge in [-0.1, -0.05) is 0 Å². The number of hydrogen-bond acceptors (Lipinski definition) is 3. The summed E-state index contributed by atoms with van der Waals surface area (Å²) in [6, 6.07) is 0. The Labute approximate surface area is 108 Å². The van der Waals surface area contributed by atoms with Crippen LogP contribution >= 0.6 is 15.9 Å². The number of hydrogen-bond donors (Lipinski definition) is 0. The number of carbonyl (C=O) groups excluding carboxylic acids is 1. The summed E-state index contributed by atoms with van der Waals surface area (Å²) in [5, 5.41) is 8.66. The number of rotatable bonds is 2. The lowest BCUT2D eigenvalue weighted by atomic mass is 10.2. The van der Waals surface area contributed by atoms with Gasteiger partial charge in [0.05, 0.1) is 27.1 Å². The molecule has 2 heterocycles. The van der Waals surface area contributed by atoms with Crippen LogP contribution in [-0.4, -0.2) is 25.8 Å². The molecule has 0 aliphatic heterocycles. The van der Waals surface area contributed by atoms with Crippen LogP contribution in [0.4, 0.5) is 0 Å². The number of aryl methyl sites for hydroxylation is 3. The molecular weight excluding hydrogens is 284 g/mol. The Morgan fingerprint density at radius 2 is 1.82 bits per heavy atom. The molecule has 0 fully saturated rings. The fourth-order valence-electron chi connectivity index (χ4n) is 1.88. The summed E-state index contributed by atoms with van der Waals surface area (Å²) in [7, 11) is 1.81. The van der Waals surface area contributed by atoms with Crippen molar-refractivity contribution in [3.8, 4) is 5.82 Å². The highest BCUT2D eigenvalue weighted by Crippen LogP contribution is 2.24. The second-order valence-electron chi connectivity index (χ2n) is 3.96. The molecule has 0 aromatic carbocycles. The minimum atomic E-state index is 0.575. The quantitative estimate of drug-likeness (QED) is 0.798. The molecule has 0 atom stereocenters. The van der Waals surface area contributed by atoms with E-state index in [2.05, 4.69) is 26.1 Å². The first-order chi connectivity index (χ1) is 7.97. The first kappa shape index (κ1) is 12.0. The lowest BCUT2D eigenvalue weighted by Crippen LogP contribution is -2.08. The van der Waals surface area contributed by atoms with E-state index in [0.29, 0.717) is 17.1 Å². The third-order valence-electron chi connectivity index (χ3n) is 2.76. The Morgan fingerprint density at radius 3 is 2.29 bits per heavy atom. The van der Waals surface area contributed by atoms with Crippen molar-refractivity contribution < 1.29 is 4.79 Å². The summed E-state index contributed by atoms with van der Waals surface area (Å²) >= 11 is 3.47. The van der Waals surface area contributed by atoms with E-state index in [1.165, 1.54) is 0 Å². The van der Waals surface area contributed by atoms with Crippen LogP contribution in [0.15, 0.2) is 4.47 Å². The number of aromatic nitrogens is 4. The van der Waals surface area contributed by atoms with Gasteiger partial charge in [0.25, 0.3) is 0 Å². The molecule has 5 nitrogen and oxygen atoms in total. The molecule has 0 aliphatic carbocycles. The average molecular weight is 297 g/mol. The topological polar surface area (TPSA) is 52.7 Å². The SMILES string of the molecule is Cc1nn(-c2c(C=O)c(C)nn2C)c(C)c1Br. The monoisotopic (exact) mass is 296 g/mol. The van der Waals surface area contributed by atoms with Crippen LogP contribution in [-0.2, 0) is 7.05 Å². The van der Waals surface area contributed by atoms with Gasteiger partial charge < -0.3 is 0 Å². The Hall–Kier alpha value is -1.43. The summed E-state index contributed by atoms with van der Waals surface area (Å²) in [6.07, 6.45) is 0.821. The molecule has 0 N–H and O–H groups in total. The Bertz CT molecular complexity index is 597. The van der Waals surface area contributed by atoms with Crippen molar-refractivity contribution in [2.24, 2.45) is 7.05 Å². The van der Waals surface area contributed by atoms with Crippen LogP contribution in [0.5, 0.6) is 0 Å². The van der Waals surface area contributed by atoms with Gasteiger partial charge in [0.1, 0.15) is 0 Å². The fourth-order valence-corrected chi connectivity index (χ4v) is 2.13. The van der Waals surface area contributed by atoms with Crippen LogP contribution in [0.25, 0.3) is 5.82 Å². The largest absolute Gasteiger partial charge is 0.298 e. The van der Waals surface area contributed by atoms with Crippen molar-refractivity contribution in [1.82, 2.24) is 19.6 Å². The minimum absolute atomic E-state index is 0.575. The van der Waals surface area contributed by atoms with E-state index in [9.17, 15) is 4.79 Å². The van der Waals surface area contributed by atoms with Gasteiger partial charge in [-0.25, -0.2) is 4.68 Å². The molecule has 2 rings (SSSR count). The van der Waals surface area contributed by atoms with Crippen LogP contribution in [0.1, 0.15) is 27.4 Å². The van der Waals surface area contributed by atoms with Gasteiger partial charge in [0.2, 0.25) is 0 Å². The predicted octanol–water partition coefficient (Wildman–Crippen LogP) is 2.11. The molecule has 0 radical (unpaired) electrons. The Balaban J connectivity index is 2.76. The molecule has 0 aliphatic rings. The zero-order chi connectivity index (χ0) is 12.7. The van der Waals surface area contributed by atoms with Crippen molar-refractivity contribution in [3.05, 3.63) is 27.1 Å². The van der Waals surface area contributed by atoms with Gasteiger partial charge in [-0.05, 0) is 36.7 Å². The van der Waals surface area contributed by atoms with Crippen molar-refractivity contribution in [2.45, 2.75) is 20.8 Å².